The average molecular weight is 940 g/mol. The molecule has 0 aliphatic rings. The van der Waals surface area contributed by atoms with E-state index in [1.165, 1.54) is 0 Å². The van der Waals surface area contributed by atoms with Crippen molar-refractivity contribution >= 4 is 58.9 Å². The van der Waals surface area contributed by atoms with Gasteiger partial charge in [-0.3, -0.25) is 19.2 Å². The van der Waals surface area contributed by atoms with Crippen molar-refractivity contribution in [2.75, 3.05) is 46.2 Å². The van der Waals surface area contributed by atoms with Gasteiger partial charge in [0.1, 0.15) is 24.2 Å². The van der Waals surface area contributed by atoms with Gasteiger partial charge in [-0.2, -0.15) is 0 Å². The second kappa shape index (κ2) is 49.1. The van der Waals surface area contributed by atoms with Crippen LogP contribution in [0.5, 0.6) is 0 Å². The van der Waals surface area contributed by atoms with E-state index in [1.54, 1.807) is 34.6 Å². The monoisotopic (exact) mass is 938 g/mol. The summed E-state index contributed by atoms with van der Waals surface area (Å²) in [5.41, 5.74) is -0.748. The van der Waals surface area contributed by atoms with Crippen molar-refractivity contribution in [1.29, 1.82) is 0 Å². The molecule has 23 heteroatoms. The van der Waals surface area contributed by atoms with Crippen LogP contribution < -0.4 is 24.8 Å². The van der Waals surface area contributed by atoms with Crippen molar-refractivity contribution in [2.45, 2.75) is 138 Å². The van der Waals surface area contributed by atoms with Crippen LogP contribution in [-0.4, -0.2) is 142 Å². The maximum absolute atomic E-state index is 13.1. The molecule has 2 atom stereocenters. The Morgan fingerprint density at radius 1 is 0.517 bits per heavy atom. The fraction of sp³-hybridized carbons (Fsp3) is 0.784. The zero-order valence-electron chi connectivity index (χ0n) is 35.6. The topological polar surface area (TPSA) is 187 Å². The van der Waals surface area contributed by atoms with Crippen LogP contribution >= 0.6 is 0 Å². The zero-order valence-corrected chi connectivity index (χ0v) is 38.6. The van der Waals surface area contributed by atoms with Gasteiger partial charge in [0.05, 0.1) is 39.6 Å². The van der Waals surface area contributed by atoms with E-state index in [0.717, 1.165) is 19.8 Å². The minimum Gasteiger partial charge on any atom is -1.00 e. The van der Waals surface area contributed by atoms with Crippen molar-refractivity contribution in [3.05, 3.63) is 11.6 Å². The van der Waals surface area contributed by atoms with Crippen molar-refractivity contribution in [3.63, 3.8) is 0 Å². The minimum atomic E-state index is -2.98. The normalized spacial score (nSPS) is 10.8. The van der Waals surface area contributed by atoms with Crippen LogP contribution in [0.3, 0.4) is 0 Å². The third kappa shape index (κ3) is 43.5. The molecule has 0 aromatic heterocycles. The average Bonchev–Trinajstić information content (AvgIpc) is 3.16. The Morgan fingerprint density at radius 3 is 1.08 bits per heavy atom. The van der Waals surface area contributed by atoms with Gasteiger partial charge in [-0.05, 0) is 51.9 Å². The molecule has 0 saturated carbocycles. The third-order valence-corrected chi connectivity index (χ3v) is 5.69. The molecule has 0 rings (SSSR count). The van der Waals surface area contributed by atoms with E-state index in [0.29, 0.717) is 45.3 Å². The summed E-state index contributed by atoms with van der Waals surface area (Å²) in [5, 5.41) is 7.88. The van der Waals surface area contributed by atoms with E-state index in [-0.39, 0.29) is 93.4 Å². The summed E-state index contributed by atoms with van der Waals surface area (Å²) in [6.45, 7) is 14.6. The van der Waals surface area contributed by atoms with Gasteiger partial charge in [-0.1, -0.05) is 48.5 Å². The first-order valence-corrected chi connectivity index (χ1v) is 18.7. The van der Waals surface area contributed by atoms with Crippen LogP contribution in [0.2, 0.25) is 0 Å². The molecule has 0 heterocycles. The molecule has 352 valence electrons. The van der Waals surface area contributed by atoms with Crippen molar-refractivity contribution in [3.8, 4) is 0 Å². The first-order chi connectivity index (χ1) is 26.9. The van der Waals surface area contributed by atoms with E-state index in [1.807, 2.05) is 13.8 Å². The molecule has 0 spiro atoms. The summed E-state index contributed by atoms with van der Waals surface area (Å²) in [7, 11) is 0. The molecule has 0 bridgehead atoms. The quantitative estimate of drug-likeness (QED) is 0.0249. The second-order valence-corrected chi connectivity index (χ2v) is 11.4. The number of allylic oxidation sites excluding steroid dienone is 1. The molecular weight excluding hydrogens is 878 g/mol. The van der Waals surface area contributed by atoms with Gasteiger partial charge in [-0.25, -0.2) is 35.9 Å². The summed E-state index contributed by atoms with van der Waals surface area (Å²) >= 11 is 0. The van der Waals surface area contributed by atoms with Gasteiger partial charge in [0.25, 0.3) is 19.3 Å². The largest absolute Gasteiger partial charge is 2.00 e. The van der Waals surface area contributed by atoms with Gasteiger partial charge in [0, 0.05) is 12.7 Å². The summed E-state index contributed by atoms with van der Waals surface area (Å²) in [6, 6.07) is 0. The van der Waals surface area contributed by atoms with Gasteiger partial charge >= 0.3 is 58.9 Å². The summed E-state index contributed by atoms with van der Waals surface area (Å²) in [4.78, 5) is 68.1. The minimum absolute atomic E-state index is 0. The number of aliphatic hydroxyl groups is 1. The van der Waals surface area contributed by atoms with E-state index < -0.39 is 78.8 Å². The fourth-order valence-corrected chi connectivity index (χ4v) is 3.06. The summed E-state index contributed by atoms with van der Waals surface area (Å²) in [6.07, 6.45) is -7.71. The molecule has 0 saturated heterocycles. The maximum atomic E-state index is 13.1. The fourth-order valence-electron chi connectivity index (χ4n) is 3.06. The number of ether oxygens (including phenoxy) is 7. The molecule has 60 heavy (non-hydrogen) atoms. The standard InChI is InChI=1S/C14H24F2O5.C11H16F2O4.C9H16O4.C3H6F2O.2ClH.Mg/c1-4-7-19-11(12(15)16)10(13(17)20-8-5-2)14(18)21-9-6-3;1-3-5-16-10(14)8(7-9(12)13)11(15)17-6-4-2;1-3-5-12-8(10)7-9(11)13-6-4-2;1-2(6)3(4)5;;;/h10-12H,4-9H2,1-3H3;7,9H,3-6H2,1-2H3;3-7H2,1-2H3;2-3,6H,1H3;2*1H;/q;;;;;;+2/p-2. The third-order valence-electron chi connectivity index (χ3n) is 5.69. The number of aliphatic hydroxyl groups excluding tert-OH is 1. The molecule has 0 amide bonds. The van der Waals surface area contributed by atoms with Crippen LogP contribution in [0.1, 0.15) is 107 Å². The molecule has 0 aromatic carbocycles. The molecule has 0 radical (unpaired) electrons. The number of rotatable bonds is 25. The number of carbonyl (C=O) groups excluding carboxylic acids is 6. The number of hydrogen-bond donors (Lipinski definition) is 1. The number of carbonyl (C=O) groups is 6. The second-order valence-electron chi connectivity index (χ2n) is 11.4. The van der Waals surface area contributed by atoms with Crippen molar-refractivity contribution in [1.82, 2.24) is 0 Å². The Labute approximate surface area is 377 Å². The Morgan fingerprint density at radius 2 is 0.817 bits per heavy atom. The maximum Gasteiger partial charge on any atom is 2.00 e. The number of hydrogen-bond acceptors (Lipinski definition) is 14. The number of halogens is 8. The molecule has 2 unspecified atom stereocenters. The molecule has 1 N–H and O–H groups in total. The number of alkyl halides is 6. The molecule has 14 nitrogen and oxygen atoms in total. The molecular formula is C37H62Cl2F6MgO14. The van der Waals surface area contributed by atoms with Gasteiger partial charge in [0.2, 0.25) is 0 Å². The van der Waals surface area contributed by atoms with Crippen LogP contribution in [0, 0.1) is 5.92 Å². The molecule has 0 aliphatic carbocycles. The first kappa shape index (κ1) is 71.9. The van der Waals surface area contributed by atoms with Gasteiger partial charge < -0.3 is 63.1 Å². The van der Waals surface area contributed by atoms with Crippen molar-refractivity contribution < 1.29 is 118 Å². The SMILES string of the molecule is CC(O)C(F)F.CCCOC(=O)C(=CC(F)F)C(=O)OCCC.CCCOC(=O)C(C(=O)OCCC)C(OCCC)C(F)F.CCCOC(=O)CC(=O)OCCC.[Cl-].[Cl-].[Mg+2]. The summed E-state index contributed by atoms with van der Waals surface area (Å²) < 4.78 is 106. The van der Waals surface area contributed by atoms with E-state index in [9.17, 15) is 55.1 Å². The Hall–Kier alpha value is -2.59. The molecule has 0 aliphatic heterocycles. The van der Waals surface area contributed by atoms with Crippen LogP contribution in [-0.2, 0) is 61.9 Å². The Balaban J connectivity index is -0.000000131. The Kier molecular flexibility index (Phi) is 58.8. The van der Waals surface area contributed by atoms with E-state index in [4.69, 9.17) is 28.8 Å². The van der Waals surface area contributed by atoms with Crippen LogP contribution in [0.25, 0.3) is 0 Å². The molecule has 0 aromatic rings. The summed E-state index contributed by atoms with van der Waals surface area (Å²) in [5.74, 6) is -6.99. The van der Waals surface area contributed by atoms with Crippen molar-refractivity contribution in [2.24, 2.45) is 5.92 Å². The van der Waals surface area contributed by atoms with Crippen LogP contribution in [0.4, 0.5) is 26.3 Å². The molecule has 0 fully saturated rings. The zero-order chi connectivity index (χ0) is 44.8. The van der Waals surface area contributed by atoms with E-state index in [2.05, 4.69) is 9.47 Å². The predicted molar refractivity (Wildman–Crippen MR) is 199 cm³/mol. The van der Waals surface area contributed by atoms with Gasteiger partial charge in [0.15, 0.2) is 5.92 Å². The number of esters is 6. The predicted octanol–water partition coefficient (Wildman–Crippen LogP) is 0.196. The van der Waals surface area contributed by atoms with Gasteiger partial charge in [-0.15, -0.1) is 0 Å². The van der Waals surface area contributed by atoms with E-state index >= 15 is 0 Å². The smallest absolute Gasteiger partial charge is 1.00 e. The Bertz CT molecular complexity index is 1060. The van der Waals surface area contributed by atoms with Crippen LogP contribution in [0.15, 0.2) is 11.6 Å². The first-order valence-electron chi connectivity index (χ1n) is 18.7.